The van der Waals surface area contributed by atoms with E-state index in [0.29, 0.717) is 28.3 Å². The number of hydrogen-bond donors (Lipinski definition) is 1. The number of aliphatic hydroxyl groups excluding tert-OH is 1. The lowest BCUT2D eigenvalue weighted by molar-refractivity contribution is -0.132. The number of rotatable bonds is 6. The fourth-order valence-electron chi connectivity index (χ4n) is 4.03. The number of esters is 1. The minimum Gasteiger partial charge on any atom is -0.507 e. The van der Waals surface area contributed by atoms with E-state index in [-0.39, 0.29) is 21.1 Å². The van der Waals surface area contributed by atoms with E-state index in [1.54, 1.807) is 32.0 Å². The molecule has 2 heterocycles. The van der Waals surface area contributed by atoms with Gasteiger partial charge >= 0.3 is 11.9 Å². The molecule has 1 saturated heterocycles. The molecular formula is C26H23FN2O7S. The summed E-state index contributed by atoms with van der Waals surface area (Å²) in [4.78, 5) is 44.5. The van der Waals surface area contributed by atoms with E-state index in [2.05, 4.69) is 4.98 Å². The maximum atomic E-state index is 14.3. The summed E-state index contributed by atoms with van der Waals surface area (Å²) in [5.74, 6) is -3.03. The second-order valence-electron chi connectivity index (χ2n) is 8.15. The van der Waals surface area contributed by atoms with Gasteiger partial charge in [-0.3, -0.25) is 14.5 Å². The summed E-state index contributed by atoms with van der Waals surface area (Å²) in [5.41, 5.74) is 0.797. The third-order valence-electron chi connectivity index (χ3n) is 5.98. The van der Waals surface area contributed by atoms with E-state index in [1.165, 1.54) is 33.5 Å². The molecule has 0 bridgehead atoms. The number of halogens is 1. The molecule has 3 aromatic rings. The number of thiazole rings is 1. The second kappa shape index (κ2) is 10.0. The molecular weight excluding hydrogens is 503 g/mol. The van der Waals surface area contributed by atoms with Crippen LogP contribution in [-0.2, 0) is 14.3 Å². The van der Waals surface area contributed by atoms with Crippen molar-refractivity contribution in [3.63, 3.8) is 0 Å². The maximum absolute atomic E-state index is 14.3. The number of aliphatic hydroxyl groups is 1. The van der Waals surface area contributed by atoms with Crippen molar-refractivity contribution in [1.29, 1.82) is 0 Å². The Balaban J connectivity index is 1.98. The zero-order valence-corrected chi connectivity index (χ0v) is 21.4. The Hall–Kier alpha value is -4.25. The van der Waals surface area contributed by atoms with E-state index in [1.807, 2.05) is 0 Å². The van der Waals surface area contributed by atoms with Crippen molar-refractivity contribution in [2.75, 3.05) is 26.2 Å². The number of amides is 1. The SMILES string of the molecule is COC(=O)c1sc(N2C(=O)C(=O)C(=C(O)c3ccc(C)c(F)c3)[C@H]2c2ccc(OC)c(OC)c2)nc1C. The van der Waals surface area contributed by atoms with Gasteiger partial charge in [-0.15, -0.1) is 0 Å². The Morgan fingerprint density at radius 1 is 1.05 bits per heavy atom. The summed E-state index contributed by atoms with van der Waals surface area (Å²) in [5, 5.41) is 11.2. The van der Waals surface area contributed by atoms with E-state index in [0.717, 1.165) is 22.3 Å². The molecule has 0 spiro atoms. The Kier molecular flexibility index (Phi) is 6.99. The van der Waals surface area contributed by atoms with Crippen LogP contribution in [0.5, 0.6) is 11.5 Å². The van der Waals surface area contributed by atoms with E-state index in [9.17, 15) is 23.9 Å². The quantitative estimate of drug-likeness (QED) is 0.218. The highest BCUT2D eigenvalue weighted by Crippen LogP contribution is 2.45. The van der Waals surface area contributed by atoms with Crippen LogP contribution in [0.1, 0.15) is 38.1 Å². The van der Waals surface area contributed by atoms with Crippen molar-refractivity contribution in [2.24, 2.45) is 0 Å². The molecule has 1 aliphatic heterocycles. The summed E-state index contributed by atoms with van der Waals surface area (Å²) in [6, 6.07) is 7.59. The summed E-state index contributed by atoms with van der Waals surface area (Å²) >= 11 is 0.872. The Bertz CT molecular complexity index is 1460. The highest BCUT2D eigenvalue weighted by Gasteiger charge is 2.48. The van der Waals surface area contributed by atoms with Gasteiger partial charge in [0.05, 0.1) is 38.6 Å². The first kappa shape index (κ1) is 25.8. The zero-order valence-electron chi connectivity index (χ0n) is 20.6. The van der Waals surface area contributed by atoms with Crippen molar-refractivity contribution < 1.29 is 38.1 Å². The summed E-state index contributed by atoms with van der Waals surface area (Å²) < 4.78 is 29.8. The van der Waals surface area contributed by atoms with Crippen molar-refractivity contribution in [2.45, 2.75) is 19.9 Å². The normalized spacial score (nSPS) is 16.7. The van der Waals surface area contributed by atoms with Gasteiger partial charge in [-0.2, -0.15) is 0 Å². The first-order valence-corrected chi connectivity index (χ1v) is 11.8. The third kappa shape index (κ3) is 4.42. The molecule has 1 fully saturated rings. The van der Waals surface area contributed by atoms with Crippen molar-refractivity contribution in [3.05, 3.63) is 75.0 Å². The lowest BCUT2D eigenvalue weighted by Gasteiger charge is -2.23. The number of carbonyl (C=O) groups excluding carboxylic acids is 3. The largest absolute Gasteiger partial charge is 0.507 e. The predicted molar refractivity (Wildman–Crippen MR) is 134 cm³/mol. The van der Waals surface area contributed by atoms with E-state index in [4.69, 9.17) is 14.2 Å². The minimum absolute atomic E-state index is 0.0251. The molecule has 0 unspecified atom stereocenters. The lowest BCUT2D eigenvalue weighted by atomic mass is 9.94. The Morgan fingerprint density at radius 2 is 1.76 bits per heavy atom. The van der Waals surface area contributed by atoms with Crippen LogP contribution in [-0.4, -0.2) is 49.1 Å². The molecule has 1 N–H and O–H groups in total. The van der Waals surface area contributed by atoms with Gasteiger partial charge in [0.2, 0.25) is 0 Å². The molecule has 1 amide bonds. The molecule has 192 valence electrons. The molecule has 9 nitrogen and oxygen atoms in total. The van der Waals surface area contributed by atoms with Gasteiger partial charge in [0.1, 0.15) is 16.5 Å². The Labute approximate surface area is 215 Å². The van der Waals surface area contributed by atoms with Crippen LogP contribution in [0.3, 0.4) is 0 Å². The number of ether oxygens (including phenoxy) is 3. The zero-order chi connectivity index (χ0) is 27.0. The lowest BCUT2D eigenvalue weighted by Crippen LogP contribution is -2.29. The van der Waals surface area contributed by atoms with Crippen LogP contribution in [0.15, 0.2) is 42.0 Å². The molecule has 0 saturated carbocycles. The maximum Gasteiger partial charge on any atom is 0.350 e. The fraction of sp³-hybridized carbons (Fsp3) is 0.231. The number of carbonyl (C=O) groups is 3. The summed E-state index contributed by atoms with van der Waals surface area (Å²) in [6.07, 6.45) is 0. The van der Waals surface area contributed by atoms with Crippen LogP contribution in [0.25, 0.3) is 5.76 Å². The average molecular weight is 527 g/mol. The third-order valence-corrected chi connectivity index (χ3v) is 7.11. The Morgan fingerprint density at radius 3 is 2.38 bits per heavy atom. The monoisotopic (exact) mass is 526 g/mol. The van der Waals surface area contributed by atoms with Gasteiger partial charge in [-0.05, 0) is 43.2 Å². The first-order valence-electron chi connectivity index (χ1n) is 11.0. The van der Waals surface area contributed by atoms with Gasteiger partial charge < -0.3 is 19.3 Å². The number of anilines is 1. The molecule has 1 atom stereocenters. The van der Waals surface area contributed by atoms with Crippen LogP contribution in [0.4, 0.5) is 9.52 Å². The average Bonchev–Trinajstić information content (AvgIpc) is 3.40. The molecule has 2 aromatic carbocycles. The number of methoxy groups -OCH3 is 3. The van der Waals surface area contributed by atoms with Crippen LogP contribution in [0, 0.1) is 19.7 Å². The van der Waals surface area contributed by atoms with Gasteiger partial charge in [0, 0.05) is 5.56 Å². The van der Waals surface area contributed by atoms with E-state index < -0.39 is 35.3 Å². The standard InChI is InChI=1S/C26H23FN2O7S/c1-12-6-7-15(10-16(12)27)21(30)19-20(14-8-9-17(34-3)18(11-14)35-4)29(24(32)22(19)31)26-28-13(2)23(37-26)25(33)36-5/h6-11,20,30H,1-5H3/t20-/m1/s1. The molecule has 1 aromatic heterocycles. The molecule has 0 aliphatic carbocycles. The summed E-state index contributed by atoms with van der Waals surface area (Å²) in [7, 11) is 4.11. The van der Waals surface area contributed by atoms with Crippen LogP contribution in [0.2, 0.25) is 0 Å². The van der Waals surface area contributed by atoms with Gasteiger partial charge in [-0.25, -0.2) is 14.2 Å². The molecule has 11 heteroatoms. The topological polar surface area (TPSA) is 115 Å². The van der Waals surface area contributed by atoms with Gasteiger partial charge in [0.25, 0.3) is 5.78 Å². The number of nitrogens with zero attached hydrogens (tertiary/aromatic N) is 2. The number of aryl methyl sites for hydroxylation is 2. The number of ketones is 1. The number of hydrogen-bond acceptors (Lipinski definition) is 9. The van der Waals surface area contributed by atoms with Crippen molar-refractivity contribution in [1.82, 2.24) is 4.98 Å². The smallest absolute Gasteiger partial charge is 0.350 e. The predicted octanol–water partition coefficient (Wildman–Crippen LogP) is 4.33. The molecule has 37 heavy (non-hydrogen) atoms. The van der Waals surface area contributed by atoms with Gasteiger partial charge in [-0.1, -0.05) is 29.5 Å². The molecule has 4 rings (SSSR count). The van der Waals surface area contributed by atoms with Crippen LogP contribution >= 0.6 is 11.3 Å². The fourth-order valence-corrected chi connectivity index (χ4v) is 5.04. The minimum atomic E-state index is -1.17. The summed E-state index contributed by atoms with van der Waals surface area (Å²) in [6.45, 7) is 3.13. The van der Waals surface area contributed by atoms with Crippen molar-refractivity contribution in [3.8, 4) is 11.5 Å². The van der Waals surface area contributed by atoms with Crippen LogP contribution < -0.4 is 14.4 Å². The number of aromatic nitrogens is 1. The highest BCUT2D eigenvalue weighted by molar-refractivity contribution is 7.17. The highest BCUT2D eigenvalue weighted by atomic mass is 32.1. The first-order chi connectivity index (χ1) is 17.6. The van der Waals surface area contributed by atoms with Gasteiger partial charge in [0.15, 0.2) is 16.6 Å². The van der Waals surface area contributed by atoms with E-state index >= 15 is 0 Å². The second-order valence-corrected chi connectivity index (χ2v) is 9.13. The molecule has 1 aliphatic rings. The number of Topliss-reactive ketones (excluding diaryl/α,β-unsaturated/α-hetero) is 1. The molecule has 0 radical (unpaired) electrons. The van der Waals surface area contributed by atoms with Crippen molar-refractivity contribution >= 4 is 39.9 Å². The number of benzene rings is 2.